The number of nitrogens with zero attached hydrogens (tertiary/aromatic N) is 2. The van der Waals surface area contributed by atoms with E-state index in [9.17, 15) is 9.59 Å². The summed E-state index contributed by atoms with van der Waals surface area (Å²) in [5, 5.41) is 0. The molecule has 0 aliphatic carbocycles. The van der Waals surface area contributed by atoms with Gasteiger partial charge in [0.25, 0.3) is 0 Å². The van der Waals surface area contributed by atoms with Gasteiger partial charge in [-0.15, -0.1) is 0 Å². The molecule has 0 fully saturated rings. The number of carbonyl (C=O) groups excluding carboxylic acids is 2. The maximum absolute atomic E-state index is 12.2. The number of likely N-dealkylation sites (N-methyl/N-ethyl adjacent to an activating group) is 1. The van der Waals surface area contributed by atoms with Crippen LogP contribution in [0.25, 0.3) is 6.08 Å². The average Bonchev–Trinajstić information content (AvgIpc) is 2.60. The van der Waals surface area contributed by atoms with Crippen LogP contribution >= 0.6 is 22.6 Å². The molecular weight excluding hydrogens is 419 g/mol. The molecule has 2 aromatic rings. The van der Waals surface area contributed by atoms with Crippen LogP contribution in [0.5, 0.6) is 5.75 Å². The van der Waals surface area contributed by atoms with Crippen LogP contribution in [0.1, 0.15) is 21.5 Å². The third-order valence-corrected chi connectivity index (χ3v) is 3.96. The number of methoxy groups -OCH3 is 1. The van der Waals surface area contributed by atoms with E-state index < -0.39 is 0 Å². The fourth-order valence-electron chi connectivity index (χ4n) is 2.12. The van der Waals surface area contributed by atoms with Crippen molar-refractivity contribution in [3.63, 3.8) is 0 Å². The van der Waals surface area contributed by atoms with Crippen molar-refractivity contribution in [2.45, 2.75) is 6.54 Å². The molecule has 1 heterocycles. The number of halogens is 1. The summed E-state index contributed by atoms with van der Waals surface area (Å²) in [4.78, 5) is 29.3. The first-order chi connectivity index (χ1) is 11.5. The van der Waals surface area contributed by atoms with Crippen LogP contribution in [0.2, 0.25) is 0 Å². The molecule has 1 aromatic carbocycles. The molecule has 5 nitrogen and oxygen atoms in total. The van der Waals surface area contributed by atoms with E-state index >= 15 is 0 Å². The molecule has 0 spiro atoms. The van der Waals surface area contributed by atoms with Crippen LogP contribution in [0, 0.1) is 0 Å². The van der Waals surface area contributed by atoms with Crippen molar-refractivity contribution in [3.05, 3.63) is 65.5 Å². The Kier molecular flexibility index (Phi) is 6.48. The second-order valence-electron chi connectivity index (χ2n) is 5.12. The molecule has 0 N–H and O–H groups in total. The highest BCUT2D eigenvalue weighted by Crippen LogP contribution is 2.23. The number of carbonyl (C=O) groups is 2. The van der Waals surface area contributed by atoms with Crippen LogP contribution in [0.3, 0.4) is 0 Å². The first kappa shape index (κ1) is 18.1. The highest BCUT2D eigenvalue weighted by atomic mass is 127. The predicted molar refractivity (Wildman–Crippen MR) is 101 cm³/mol. The SMILES string of the molecule is COc1cc(CN(C)C(=O)/C=C\c2cccnc2)ccc1C(=O)I. The number of pyridine rings is 1. The number of amides is 1. The first-order valence-corrected chi connectivity index (χ1v) is 8.29. The van der Waals surface area contributed by atoms with Gasteiger partial charge in [0.2, 0.25) is 9.70 Å². The molecule has 2 rings (SSSR count). The lowest BCUT2D eigenvalue weighted by molar-refractivity contribution is -0.125. The highest BCUT2D eigenvalue weighted by molar-refractivity contribution is 14.1. The van der Waals surface area contributed by atoms with E-state index in [1.54, 1.807) is 65.1 Å². The van der Waals surface area contributed by atoms with Gasteiger partial charge in [0, 0.05) is 54.7 Å². The lowest BCUT2D eigenvalue weighted by Crippen LogP contribution is -2.24. The molecular formula is C18H17IN2O3. The van der Waals surface area contributed by atoms with E-state index in [-0.39, 0.29) is 9.70 Å². The zero-order valence-corrected chi connectivity index (χ0v) is 15.6. The van der Waals surface area contributed by atoms with Crippen LogP contribution in [-0.4, -0.2) is 33.7 Å². The summed E-state index contributed by atoms with van der Waals surface area (Å²) in [7, 11) is 3.24. The summed E-state index contributed by atoms with van der Waals surface area (Å²) in [5.41, 5.74) is 2.28. The minimum Gasteiger partial charge on any atom is -0.496 e. The van der Waals surface area contributed by atoms with Gasteiger partial charge in [0.05, 0.1) is 12.7 Å². The van der Waals surface area contributed by atoms with E-state index in [1.165, 1.54) is 13.2 Å². The average molecular weight is 436 g/mol. The largest absolute Gasteiger partial charge is 0.496 e. The number of ether oxygens (including phenoxy) is 1. The van der Waals surface area contributed by atoms with Crippen LogP contribution in [0.4, 0.5) is 0 Å². The lowest BCUT2D eigenvalue weighted by atomic mass is 10.1. The second-order valence-corrected chi connectivity index (χ2v) is 6.10. The van der Waals surface area contributed by atoms with Gasteiger partial charge in [-0.2, -0.15) is 0 Å². The molecule has 6 heteroatoms. The van der Waals surface area contributed by atoms with Crippen LogP contribution < -0.4 is 4.74 Å². The van der Waals surface area contributed by atoms with Gasteiger partial charge in [-0.25, -0.2) is 0 Å². The van der Waals surface area contributed by atoms with Crippen molar-refractivity contribution in [3.8, 4) is 5.75 Å². The maximum Gasteiger partial charge on any atom is 0.246 e. The molecule has 124 valence electrons. The molecule has 0 saturated carbocycles. The van der Waals surface area contributed by atoms with E-state index in [2.05, 4.69) is 4.98 Å². The topological polar surface area (TPSA) is 59.5 Å². The summed E-state index contributed by atoms with van der Waals surface area (Å²) in [6.07, 6.45) is 6.61. The van der Waals surface area contributed by atoms with Gasteiger partial charge >= 0.3 is 0 Å². The highest BCUT2D eigenvalue weighted by Gasteiger charge is 2.12. The third kappa shape index (κ3) is 4.89. The number of benzene rings is 1. The minimum atomic E-state index is -0.119. The molecule has 1 aromatic heterocycles. The molecule has 0 aliphatic rings. The molecule has 0 aliphatic heterocycles. The van der Waals surface area contributed by atoms with Crippen LogP contribution in [0.15, 0.2) is 48.8 Å². The van der Waals surface area contributed by atoms with Crippen LogP contribution in [-0.2, 0) is 11.3 Å². The summed E-state index contributed by atoms with van der Waals surface area (Å²) in [6.45, 7) is 0.419. The third-order valence-electron chi connectivity index (χ3n) is 3.38. The Morgan fingerprint density at radius 2 is 2.12 bits per heavy atom. The molecule has 0 bridgehead atoms. The monoisotopic (exact) mass is 436 g/mol. The zero-order valence-electron chi connectivity index (χ0n) is 13.4. The minimum absolute atomic E-state index is 0.0835. The molecule has 1 amide bonds. The standard InChI is InChI=1S/C18H17IN2O3/c1-21(17(22)8-6-13-4-3-9-20-11-13)12-14-5-7-15(18(19)23)16(10-14)24-2/h3-11H,12H2,1-2H3/b8-6-. The maximum atomic E-state index is 12.2. The summed E-state index contributed by atoms with van der Waals surface area (Å²) in [5.74, 6) is 0.394. The van der Waals surface area contributed by atoms with Gasteiger partial charge in [-0.3, -0.25) is 14.6 Å². The number of rotatable bonds is 6. The van der Waals surface area contributed by atoms with E-state index in [0.29, 0.717) is 17.9 Å². The number of hydrogen-bond acceptors (Lipinski definition) is 4. The van der Waals surface area contributed by atoms with Gasteiger partial charge in [-0.1, -0.05) is 12.1 Å². The Labute approximate surface area is 154 Å². The fraction of sp³-hybridized carbons (Fsp3) is 0.167. The quantitative estimate of drug-likeness (QED) is 0.396. The Morgan fingerprint density at radius 3 is 2.75 bits per heavy atom. The summed E-state index contributed by atoms with van der Waals surface area (Å²) >= 11 is 1.72. The van der Waals surface area contributed by atoms with Crippen molar-refractivity contribution in [2.24, 2.45) is 0 Å². The van der Waals surface area contributed by atoms with E-state index in [1.807, 2.05) is 18.2 Å². The smallest absolute Gasteiger partial charge is 0.246 e. The predicted octanol–water partition coefficient (Wildman–Crippen LogP) is 3.34. The van der Waals surface area contributed by atoms with Gasteiger partial charge < -0.3 is 9.64 Å². The number of aromatic nitrogens is 1. The van der Waals surface area contributed by atoms with E-state index in [0.717, 1.165) is 11.1 Å². The molecule has 0 atom stereocenters. The molecule has 24 heavy (non-hydrogen) atoms. The Bertz CT molecular complexity index is 760. The van der Waals surface area contributed by atoms with Crippen molar-refractivity contribution < 1.29 is 14.3 Å². The van der Waals surface area contributed by atoms with Gasteiger partial charge in [0.1, 0.15) is 5.75 Å². The normalized spacial score (nSPS) is 10.6. The van der Waals surface area contributed by atoms with Gasteiger partial charge in [-0.05, 0) is 35.4 Å². The van der Waals surface area contributed by atoms with E-state index in [4.69, 9.17) is 4.74 Å². The lowest BCUT2D eigenvalue weighted by Gasteiger charge is -2.16. The zero-order chi connectivity index (χ0) is 17.5. The second kappa shape index (κ2) is 8.58. The fourth-order valence-corrected chi connectivity index (χ4v) is 2.56. The molecule has 0 unspecified atom stereocenters. The first-order valence-electron chi connectivity index (χ1n) is 7.21. The summed E-state index contributed by atoms with van der Waals surface area (Å²) < 4.78 is 5.16. The van der Waals surface area contributed by atoms with Crippen molar-refractivity contribution in [1.82, 2.24) is 9.88 Å². The van der Waals surface area contributed by atoms with Crippen molar-refractivity contribution in [1.29, 1.82) is 0 Å². The Morgan fingerprint density at radius 1 is 1.33 bits per heavy atom. The van der Waals surface area contributed by atoms with Gasteiger partial charge in [0.15, 0.2) is 0 Å². The molecule has 0 radical (unpaired) electrons. The molecule has 0 saturated heterocycles. The van der Waals surface area contributed by atoms with Crippen molar-refractivity contribution >= 4 is 38.4 Å². The number of hydrogen-bond donors (Lipinski definition) is 0. The Hall–Kier alpha value is -2.22. The summed E-state index contributed by atoms with van der Waals surface area (Å²) in [6, 6.07) is 9.01. The van der Waals surface area contributed by atoms with Crippen molar-refractivity contribution in [2.75, 3.05) is 14.2 Å². The Balaban J connectivity index is 2.06.